The summed E-state index contributed by atoms with van der Waals surface area (Å²) in [5.41, 5.74) is -0.441. The van der Waals surface area contributed by atoms with Crippen LogP contribution in [-0.4, -0.2) is 98.7 Å². The van der Waals surface area contributed by atoms with E-state index in [1.54, 1.807) is 26.8 Å². The number of ether oxygens (including phenoxy) is 5. The zero-order chi connectivity index (χ0) is 45.3. The van der Waals surface area contributed by atoms with Gasteiger partial charge in [0.1, 0.15) is 40.6 Å². The number of benzene rings is 1. The predicted octanol–water partition coefficient (Wildman–Crippen LogP) is 6.36. The van der Waals surface area contributed by atoms with Crippen molar-refractivity contribution in [2.45, 2.75) is 130 Å². The number of aliphatic hydroxyl groups excluding tert-OH is 3. The quantitative estimate of drug-likeness (QED) is 0.120. The highest BCUT2D eigenvalue weighted by Gasteiger charge is 2.64. The number of carboxylic acids is 1. The molecule has 7 rings (SSSR count). The molecule has 0 unspecified atom stereocenters. The number of carbonyl (C=O) groups is 4. The Morgan fingerprint density at radius 2 is 1.65 bits per heavy atom. The molecule has 5 N–H and O–H groups in total. The van der Waals surface area contributed by atoms with Crippen molar-refractivity contribution in [2.75, 3.05) is 7.11 Å². The molecule has 14 heteroatoms. The molecule has 0 aromatic heterocycles. The lowest BCUT2D eigenvalue weighted by Crippen LogP contribution is -2.60. The van der Waals surface area contributed by atoms with Gasteiger partial charge in [0.15, 0.2) is 18.0 Å². The minimum absolute atomic E-state index is 0.0700. The van der Waals surface area contributed by atoms with Crippen LogP contribution in [0.5, 0.6) is 11.5 Å². The second-order valence-corrected chi connectivity index (χ2v) is 18.7. The summed E-state index contributed by atoms with van der Waals surface area (Å²) in [6.07, 6.45) is 2.19. The van der Waals surface area contributed by atoms with Gasteiger partial charge in [-0.1, -0.05) is 61.8 Å². The number of fused-ring (bicyclic) bond motifs is 4. The van der Waals surface area contributed by atoms with Crippen molar-refractivity contribution >= 4 is 23.7 Å². The van der Waals surface area contributed by atoms with E-state index in [1.165, 1.54) is 19.3 Å². The summed E-state index contributed by atoms with van der Waals surface area (Å²) in [5, 5.41) is 56.0. The molecule has 1 aromatic carbocycles. The van der Waals surface area contributed by atoms with Gasteiger partial charge in [0.2, 0.25) is 5.78 Å². The number of carboxylic acid groups (broad SMARTS) is 1. The third-order valence-corrected chi connectivity index (χ3v) is 14.7. The summed E-state index contributed by atoms with van der Waals surface area (Å²) in [6, 6.07) is 2.81. The number of allylic oxidation sites excluding steroid dienone is 5. The van der Waals surface area contributed by atoms with Crippen molar-refractivity contribution in [3.8, 4) is 11.5 Å². The number of aromatic hydroxyl groups is 1. The molecule has 1 aromatic rings. The molecule has 6 aliphatic rings. The Morgan fingerprint density at radius 1 is 0.935 bits per heavy atom. The molecule has 2 heterocycles. The molecule has 2 aliphatic heterocycles. The second kappa shape index (κ2) is 16.7. The molecule has 2 saturated heterocycles. The second-order valence-electron chi connectivity index (χ2n) is 18.7. The monoisotopic (exact) mass is 860 g/mol. The fourth-order valence-corrected chi connectivity index (χ4v) is 11.8. The van der Waals surface area contributed by atoms with Gasteiger partial charge in [0.05, 0.1) is 19.3 Å². The Bertz CT molecular complexity index is 2170. The number of carbonyl (C=O) groups excluding carboxylic acids is 3. The van der Waals surface area contributed by atoms with E-state index in [0.29, 0.717) is 37.0 Å². The molecule has 62 heavy (non-hydrogen) atoms. The Labute approximate surface area is 361 Å². The van der Waals surface area contributed by atoms with Crippen molar-refractivity contribution in [2.24, 2.45) is 40.9 Å². The van der Waals surface area contributed by atoms with Gasteiger partial charge >= 0.3 is 17.9 Å². The molecule has 3 fully saturated rings. The average Bonchev–Trinajstić information content (AvgIpc) is 3.43. The number of rotatable bonds is 6. The fraction of sp³-hybridized carbons (Fsp3) is 0.583. The largest absolute Gasteiger partial charge is 0.511 e. The highest BCUT2D eigenvalue weighted by Crippen LogP contribution is 2.62. The first kappa shape index (κ1) is 45.3. The van der Waals surface area contributed by atoms with Gasteiger partial charge in [-0.2, -0.15) is 0 Å². The Kier molecular flexibility index (Phi) is 12.2. The number of phenolic OH excluding ortho intramolecular Hbond substituents is 1. The molecule has 14 atom stereocenters. The molecule has 0 radical (unpaired) electrons. The first-order chi connectivity index (χ1) is 29.2. The van der Waals surface area contributed by atoms with Gasteiger partial charge in [-0.25, -0.2) is 14.4 Å². The third kappa shape index (κ3) is 7.40. The summed E-state index contributed by atoms with van der Waals surface area (Å²) >= 11 is 0. The molecule has 1 spiro atoms. The van der Waals surface area contributed by atoms with Crippen LogP contribution >= 0.6 is 0 Å². The summed E-state index contributed by atoms with van der Waals surface area (Å²) < 4.78 is 30.1. The summed E-state index contributed by atoms with van der Waals surface area (Å²) in [4.78, 5) is 55.3. The van der Waals surface area contributed by atoms with Crippen LogP contribution in [0.25, 0.3) is 0 Å². The molecular weight excluding hydrogens is 801 g/mol. The van der Waals surface area contributed by atoms with E-state index < -0.39 is 112 Å². The number of aliphatic carboxylic acids is 1. The lowest BCUT2D eigenvalue weighted by Gasteiger charge is -2.56. The number of Topliss-reactive ketones (excluding diaryl/α,β-unsaturated/α-hetero) is 1. The molecule has 4 aliphatic carbocycles. The van der Waals surface area contributed by atoms with Crippen LogP contribution in [-0.2, 0) is 33.3 Å². The van der Waals surface area contributed by atoms with Crippen LogP contribution in [0.15, 0.2) is 70.1 Å². The molecule has 0 amide bonds. The number of ketones is 1. The lowest BCUT2D eigenvalue weighted by molar-refractivity contribution is -0.311. The predicted molar refractivity (Wildman–Crippen MR) is 224 cm³/mol. The highest BCUT2D eigenvalue weighted by molar-refractivity contribution is 6.26. The number of aryl methyl sites for hydroxylation is 1. The van der Waals surface area contributed by atoms with E-state index in [0.717, 1.165) is 16.7 Å². The number of hydrogen-bond acceptors (Lipinski definition) is 13. The van der Waals surface area contributed by atoms with E-state index in [-0.39, 0.29) is 29.2 Å². The normalized spacial score (nSPS) is 40.2. The molecular formula is C48H60O14. The maximum atomic E-state index is 15.0. The Hall–Kier alpha value is -4.76. The van der Waals surface area contributed by atoms with Gasteiger partial charge in [0.25, 0.3) is 0 Å². The first-order valence-corrected chi connectivity index (χ1v) is 21.6. The molecule has 14 nitrogen and oxygen atoms in total. The van der Waals surface area contributed by atoms with Gasteiger partial charge in [-0.15, -0.1) is 0 Å². The summed E-state index contributed by atoms with van der Waals surface area (Å²) in [7, 11) is 1.42. The lowest BCUT2D eigenvalue weighted by atomic mass is 9.49. The number of aliphatic hydroxyl groups is 3. The van der Waals surface area contributed by atoms with E-state index in [4.69, 9.17) is 23.7 Å². The zero-order valence-electron chi connectivity index (χ0n) is 36.8. The van der Waals surface area contributed by atoms with Crippen LogP contribution in [0.4, 0.5) is 0 Å². The van der Waals surface area contributed by atoms with Crippen molar-refractivity contribution in [1.29, 1.82) is 0 Å². The maximum Gasteiger partial charge on any atom is 0.346 e. The highest BCUT2D eigenvalue weighted by atomic mass is 16.7. The number of methoxy groups -OCH3 is 1. The van der Waals surface area contributed by atoms with E-state index in [1.807, 2.05) is 33.8 Å². The molecule has 1 saturated carbocycles. The van der Waals surface area contributed by atoms with Crippen LogP contribution < -0.4 is 4.74 Å². The first-order valence-electron chi connectivity index (χ1n) is 21.6. The van der Waals surface area contributed by atoms with Crippen molar-refractivity contribution in [1.82, 2.24) is 0 Å². The van der Waals surface area contributed by atoms with Crippen LogP contribution in [0.2, 0.25) is 0 Å². The van der Waals surface area contributed by atoms with Crippen LogP contribution in [0, 0.1) is 47.8 Å². The maximum absolute atomic E-state index is 15.0. The van der Waals surface area contributed by atoms with Gasteiger partial charge in [-0.05, 0) is 89.7 Å². The summed E-state index contributed by atoms with van der Waals surface area (Å²) in [5.74, 6) is -7.17. The van der Waals surface area contributed by atoms with E-state index >= 15 is 4.79 Å². The van der Waals surface area contributed by atoms with Crippen molar-refractivity contribution in [3.63, 3.8) is 0 Å². The van der Waals surface area contributed by atoms with Crippen molar-refractivity contribution in [3.05, 3.63) is 81.2 Å². The Balaban J connectivity index is 1.31. The minimum atomic E-state index is -1.75. The zero-order valence-corrected chi connectivity index (χ0v) is 36.8. The fourth-order valence-electron chi connectivity index (χ4n) is 11.8. The van der Waals surface area contributed by atoms with Gasteiger partial charge in [-0.3, -0.25) is 4.79 Å². The standard InChI is InChI=1S/C48H60O14/c1-21-11-10-12-22(2)36-25(5)17-31-33(60-46-40(39(51)38(50)27(7)59-46)61-44(56)34-24(4)16-29(58-9)19-32(34)49)14-13-23(3)37(31)47(36,8)41(52)35-42(53)48(62-45(35)57)20-26(6)30(43(54)55)18-28(48)15-21/h12,15-19,23,26-28,31,33,36-40,46,49-52H,10-11,13-14,20H2,1-9H3,(H,54,55)/b21-15+,22-12+,41-35?/t23-,26+,27+,28+,31+,33-,36+,37+,38+,39+,40+,46-,47+,48-/m0/s1. The van der Waals surface area contributed by atoms with E-state index in [2.05, 4.69) is 19.1 Å². The number of esters is 2. The van der Waals surface area contributed by atoms with Gasteiger partial charge in [0, 0.05) is 41.2 Å². The smallest absolute Gasteiger partial charge is 0.346 e. The topological polar surface area (TPSA) is 216 Å². The number of hydrogen-bond donors (Lipinski definition) is 5. The minimum Gasteiger partial charge on any atom is -0.511 e. The third-order valence-electron chi connectivity index (χ3n) is 14.7. The summed E-state index contributed by atoms with van der Waals surface area (Å²) in [6.45, 7) is 14.6. The molecule has 2 bridgehead atoms. The van der Waals surface area contributed by atoms with Crippen LogP contribution in [0.3, 0.4) is 0 Å². The van der Waals surface area contributed by atoms with Crippen LogP contribution in [0.1, 0.15) is 96.5 Å². The Morgan fingerprint density at radius 3 is 2.31 bits per heavy atom. The molecule has 336 valence electrons. The van der Waals surface area contributed by atoms with Gasteiger partial charge < -0.3 is 49.2 Å². The van der Waals surface area contributed by atoms with Crippen molar-refractivity contribution < 1.29 is 68.4 Å². The van der Waals surface area contributed by atoms with E-state index in [9.17, 15) is 39.9 Å². The SMILES string of the molecule is COc1cc(C)c(C(=O)O[C@H]2[C@H](O[C@H]3CC[C@H](C)[C@@H]4[C@@H]3C=C(C)[C@H]3/C(C)=C/CC/C(C)=C/[C@@H]5C=C(C(=O)O)[C@H](C)C[C@]56OC(=O)C(=C(O)[C@@]43C)C6=O)O[C@H](C)[C@@H](O)[C@H]2O)c(O)c1. The average molecular weight is 861 g/mol. The number of phenols is 1.